The van der Waals surface area contributed by atoms with Crippen molar-refractivity contribution in [3.8, 4) is 17.6 Å². The van der Waals surface area contributed by atoms with Crippen LogP contribution in [0, 0.1) is 21.4 Å². The standard InChI is InChI=1S/C19H13ClN2O5/c1-2-9-26-19(23)14(12-21)10-13-7-8-18(16(11-13)22(24)25)27-17-6-4-3-5-15(17)20/h2-8,10-11H,1,9H2/b14-10-. The molecular weight excluding hydrogens is 372 g/mol. The van der Waals surface area contributed by atoms with E-state index in [4.69, 9.17) is 26.3 Å². The van der Waals surface area contributed by atoms with Crippen LogP contribution >= 0.6 is 11.6 Å². The molecule has 0 spiro atoms. The van der Waals surface area contributed by atoms with Crippen molar-refractivity contribution >= 4 is 29.3 Å². The zero-order valence-corrected chi connectivity index (χ0v) is 14.7. The lowest BCUT2D eigenvalue weighted by molar-refractivity contribution is -0.385. The Morgan fingerprint density at radius 2 is 2.04 bits per heavy atom. The molecule has 0 aliphatic rings. The third-order valence-corrected chi connectivity index (χ3v) is 3.53. The summed E-state index contributed by atoms with van der Waals surface area (Å²) in [5.41, 5.74) is -0.383. The highest BCUT2D eigenvalue weighted by molar-refractivity contribution is 6.32. The summed E-state index contributed by atoms with van der Waals surface area (Å²) >= 11 is 6.00. The minimum absolute atomic E-state index is 0.0296. The van der Waals surface area contributed by atoms with Crippen LogP contribution in [0.5, 0.6) is 11.5 Å². The second-order valence-electron chi connectivity index (χ2n) is 5.07. The summed E-state index contributed by atoms with van der Waals surface area (Å²) in [5.74, 6) is -0.620. The summed E-state index contributed by atoms with van der Waals surface area (Å²) in [6.07, 6.45) is 2.55. The van der Waals surface area contributed by atoms with Gasteiger partial charge < -0.3 is 9.47 Å². The molecule has 0 saturated carbocycles. The zero-order valence-electron chi connectivity index (χ0n) is 13.9. The number of esters is 1. The molecule has 2 rings (SSSR count). The highest BCUT2D eigenvalue weighted by Crippen LogP contribution is 2.35. The summed E-state index contributed by atoms with van der Waals surface area (Å²) in [6, 6.07) is 12.3. The molecule has 0 aliphatic heterocycles. The quantitative estimate of drug-likeness (QED) is 0.171. The van der Waals surface area contributed by atoms with E-state index in [2.05, 4.69) is 6.58 Å². The molecule has 7 nitrogen and oxygen atoms in total. The number of benzene rings is 2. The van der Waals surface area contributed by atoms with Crippen LogP contribution < -0.4 is 4.74 Å². The van der Waals surface area contributed by atoms with Gasteiger partial charge in [-0.05, 0) is 29.8 Å². The average molecular weight is 385 g/mol. The lowest BCUT2D eigenvalue weighted by atomic mass is 10.1. The number of carbonyl (C=O) groups excluding carboxylic acids is 1. The van der Waals surface area contributed by atoms with Gasteiger partial charge in [0.15, 0.2) is 0 Å². The summed E-state index contributed by atoms with van der Waals surface area (Å²) < 4.78 is 10.3. The van der Waals surface area contributed by atoms with Crippen LogP contribution in [0.15, 0.2) is 60.7 Å². The molecular formula is C19H13ClN2O5. The Morgan fingerprint density at radius 3 is 2.67 bits per heavy atom. The zero-order chi connectivity index (χ0) is 19.8. The molecule has 0 aliphatic carbocycles. The Kier molecular flexibility index (Phi) is 6.69. The predicted molar refractivity (Wildman–Crippen MR) is 99.4 cm³/mol. The van der Waals surface area contributed by atoms with Crippen molar-refractivity contribution in [2.24, 2.45) is 0 Å². The average Bonchev–Trinajstić information content (AvgIpc) is 2.66. The number of hydrogen-bond donors (Lipinski definition) is 0. The number of hydrogen-bond acceptors (Lipinski definition) is 6. The topological polar surface area (TPSA) is 102 Å². The number of rotatable bonds is 7. The van der Waals surface area contributed by atoms with E-state index in [1.54, 1.807) is 30.3 Å². The van der Waals surface area contributed by atoms with Gasteiger partial charge in [0.05, 0.1) is 9.95 Å². The first-order chi connectivity index (χ1) is 13.0. The molecule has 0 saturated heterocycles. The molecule has 2 aromatic rings. The van der Waals surface area contributed by atoms with Crippen molar-refractivity contribution in [2.75, 3.05) is 6.61 Å². The highest BCUT2D eigenvalue weighted by Gasteiger charge is 2.18. The number of nitro groups is 1. The van der Waals surface area contributed by atoms with E-state index in [1.807, 2.05) is 0 Å². The van der Waals surface area contributed by atoms with Crippen molar-refractivity contribution in [2.45, 2.75) is 0 Å². The molecule has 27 heavy (non-hydrogen) atoms. The Balaban J connectivity index is 2.37. The van der Waals surface area contributed by atoms with Gasteiger partial charge in [-0.2, -0.15) is 5.26 Å². The Labute approximate surface area is 159 Å². The van der Waals surface area contributed by atoms with E-state index < -0.39 is 10.9 Å². The van der Waals surface area contributed by atoms with E-state index in [1.165, 1.54) is 30.4 Å². The Morgan fingerprint density at radius 1 is 1.30 bits per heavy atom. The van der Waals surface area contributed by atoms with Gasteiger partial charge in [0.2, 0.25) is 5.75 Å². The summed E-state index contributed by atoms with van der Waals surface area (Å²) in [5, 5.41) is 20.8. The first kappa shape index (κ1) is 19.7. The lowest BCUT2D eigenvalue weighted by Gasteiger charge is -2.08. The van der Waals surface area contributed by atoms with Gasteiger partial charge in [-0.15, -0.1) is 0 Å². The molecule has 0 fully saturated rings. The molecule has 136 valence electrons. The second kappa shape index (κ2) is 9.17. The van der Waals surface area contributed by atoms with E-state index in [0.29, 0.717) is 5.02 Å². The highest BCUT2D eigenvalue weighted by atomic mass is 35.5. The lowest BCUT2D eigenvalue weighted by Crippen LogP contribution is -2.06. The summed E-state index contributed by atoms with van der Waals surface area (Å²) in [4.78, 5) is 22.5. The maximum Gasteiger partial charge on any atom is 0.349 e. The first-order valence-corrected chi connectivity index (χ1v) is 7.94. The third kappa shape index (κ3) is 5.17. The first-order valence-electron chi connectivity index (χ1n) is 7.57. The van der Waals surface area contributed by atoms with Gasteiger partial charge in [0.25, 0.3) is 0 Å². The fourth-order valence-electron chi connectivity index (χ4n) is 2.02. The fraction of sp³-hybridized carbons (Fsp3) is 0.0526. The van der Waals surface area contributed by atoms with Gasteiger partial charge >= 0.3 is 11.7 Å². The van der Waals surface area contributed by atoms with Crippen LogP contribution in [0.4, 0.5) is 5.69 Å². The number of nitriles is 1. The van der Waals surface area contributed by atoms with Gasteiger partial charge in [0.1, 0.15) is 24.0 Å². The van der Waals surface area contributed by atoms with Gasteiger partial charge in [-0.1, -0.05) is 42.5 Å². The molecule has 0 heterocycles. The number of ether oxygens (including phenoxy) is 2. The van der Waals surface area contributed by atoms with E-state index in [9.17, 15) is 14.9 Å². The van der Waals surface area contributed by atoms with Crippen molar-refractivity contribution in [1.82, 2.24) is 0 Å². The molecule has 0 N–H and O–H groups in total. The van der Waals surface area contributed by atoms with Crippen LogP contribution in [0.3, 0.4) is 0 Å². The van der Waals surface area contributed by atoms with Crippen LogP contribution in [0.1, 0.15) is 5.56 Å². The smallest absolute Gasteiger partial charge is 0.349 e. The fourth-order valence-corrected chi connectivity index (χ4v) is 2.19. The largest absolute Gasteiger partial charge is 0.457 e. The van der Waals surface area contributed by atoms with Gasteiger partial charge in [-0.25, -0.2) is 4.79 Å². The minimum Gasteiger partial charge on any atom is -0.457 e. The Bertz CT molecular complexity index is 963. The van der Waals surface area contributed by atoms with Crippen LogP contribution in [-0.2, 0) is 9.53 Å². The van der Waals surface area contributed by atoms with Crippen molar-refractivity contribution in [1.29, 1.82) is 5.26 Å². The van der Waals surface area contributed by atoms with Gasteiger partial charge in [-0.3, -0.25) is 10.1 Å². The maximum absolute atomic E-state index is 11.8. The summed E-state index contributed by atoms with van der Waals surface area (Å²) in [7, 11) is 0. The Hall–Kier alpha value is -3.63. The SMILES string of the molecule is C=CCOC(=O)/C(C#N)=C\c1ccc(Oc2ccccc2Cl)c([N+](=O)[O-])c1. The maximum atomic E-state index is 11.8. The molecule has 8 heteroatoms. The molecule has 0 aromatic heterocycles. The van der Waals surface area contributed by atoms with E-state index in [0.717, 1.165) is 0 Å². The number of halogens is 1. The number of nitrogens with zero attached hydrogens (tertiary/aromatic N) is 2. The van der Waals surface area contributed by atoms with Crippen molar-refractivity contribution < 1.29 is 19.2 Å². The molecule has 2 aromatic carbocycles. The van der Waals surface area contributed by atoms with E-state index >= 15 is 0 Å². The van der Waals surface area contributed by atoms with Crippen molar-refractivity contribution in [3.05, 3.63) is 81.4 Å². The number of nitro benzene ring substituents is 1. The van der Waals surface area contributed by atoms with Gasteiger partial charge in [0, 0.05) is 6.07 Å². The van der Waals surface area contributed by atoms with Crippen LogP contribution in [-0.4, -0.2) is 17.5 Å². The van der Waals surface area contributed by atoms with Crippen molar-refractivity contribution in [3.63, 3.8) is 0 Å². The molecule has 0 bridgehead atoms. The monoisotopic (exact) mass is 384 g/mol. The van der Waals surface area contributed by atoms with Crippen LogP contribution in [0.2, 0.25) is 5.02 Å². The minimum atomic E-state index is -0.851. The molecule has 0 amide bonds. The summed E-state index contributed by atoms with van der Waals surface area (Å²) in [6.45, 7) is 3.35. The molecule has 0 radical (unpaired) electrons. The predicted octanol–water partition coefficient (Wildman–Crippen LogP) is 4.68. The number of para-hydroxylation sites is 1. The normalized spacial score (nSPS) is 10.6. The van der Waals surface area contributed by atoms with E-state index in [-0.39, 0.29) is 34.9 Å². The number of carbonyl (C=O) groups is 1. The molecule has 0 unspecified atom stereocenters. The molecule has 0 atom stereocenters. The van der Waals surface area contributed by atoms with Crippen LogP contribution in [0.25, 0.3) is 6.08 Å². The third-order valence-electron chi connectivity index (χ3n) is 3.22. The second-order valence-corrected chi connectivity index (χ2v) is 5.48.